The second-order valence-corrected chi connectivity index (χ2v) is 7.30. The minimum Gasteiger partial charge on any atom is -0.303 e. The molecule has 124 valence electrons. The molecule has 2 aromatic heterocycles. The fourth-order valence-electron chi connectivity index (χ4n) is 3.81. The minimum atomic E-state index is 0.541. The molecular weight excluding hydrogens is 282 g/mol. The van der Waals surface area contributed by atoms with Gasteiger partial charge in [0.2, 0.25) is 0 Å². The molecule has 1 fully saturated rings. The molecule has 0 bridgehead atoms. The van der Waals surface area contributed by atoms with Gasteiger partial charge < -0.3 is 4.57 Å². The number of aryl methyl sites for hydroxylation is 2. The second-order valence-electron chi connectivity index (χ2n) is 7.30. The molecule has 23 heavy (non-hydrogen) atoms. The Hall–Kier alpha value is -1.61. The third kappa shape index (κ3) is 3.50. The molecule has 1 saturated heterocycles. The molecule has 1 aliphatic rings. The lowest BCUT2D eigenvalue weighted by atomic mass is 9.95. The van der Waals surface area contributed by atoms with Crippen LogP contribution >= 0.6 is 0 Å². The summed E-state index contributed by atoms with van der Waals surface area (Å²) in [5.41, 5.74) is 3.85. The average Bonchev–Trinajstić information content (AvgIpc) is 2.87. The van der Waals surface area contributed by atoms with E-state index in [0.29, 0.717) is 12.0 Å². The molecule has 0 saturated carbocycles. The number of hydrogen-bond donors (Lipinski definition) is 0. The van der Waals surface area contributed by atoms with E-state index in [9.17, 15) is 0 Å². The van der Waals surface area contributed by atoms with E-state index in [1.54, 1.807) is 0 Å². The van der Waals surface area contributed by atoms with Gasteiger partial charge in [-0.2, -0.15) is 0 Å². The van der Waals surface area contributed by atoms with Gasteiger partial charge in [-0.05, 0) is 62.9 Å². The molecule has 3 heterocycles. The van der Waals surface area contributed by atoms with Crippen molar-refractivity contribution in [2.75, 3.05) is 13.1 Å². The number of rotatable bonds is 4. The van der Waals surface area contributed by atoms with Crippen LogP contribution in [-0.4, -0.2) is 27.5 Å². The summed E-state index contributed by atoms with van der Waals surface area (Å²) >= 11 is 0. The van der Waals surface area contributed by atoms with Crippen molar-refractivity contribution in [3.63, 3.8) is 0 Å². The summed E-state index contributed by atoms with van der Waals surface area (Å²) in [5, 5.41) is 0. The number of nitrogens with zero attached hydrogens (tertiary/aromatic N) is 3. The quantitative estimate of drug-likeness (QED) is 0.818. The van der Waals surface area contributed by atoms with Gasteiger partial charge in [-0.15, -0.1) is 0 Å². The smallest absolute Gasteiger partial charge is 0.136 e. The van der Waals surface area contributed by atoms with Gasteiger partial charge in [0.15, 0.2) is 0 Å². The van der Waals surface area contributed by atoms with Gasteiger partial charge in [0.05, 0.1) is 0 Å². The van der Waals surface area contributed by atoms with Gasteiger partial charge in [0.1, 0.15) is 5.82 Å². The van der Waals surface area contributed by atoms with Crippen LogP contribution in [0.4, 0.5) is 0 Å². The largest absolute Gasteiger partial charge is 0.303 e. The zero-order valence-corrected chi connectivity index (χ0v) is 14.9. The van der Waals surface area contributed by atoms with E-state index in [0.717, 1.165) is 5.82 Å². The molecule has 0 amide bonds. The molecule has 1 aliphatic heterocycles. The van der Waals surface area contributed by atoms with Crippen LogP contribution in [0.5, 0.6) is 0 Å². The van der Waals surface area contributed by atoms with Crippen LogP contribution in [-0.2, 0) is 0 Å². The van der Waals surface area contributed by atoms with Crippen molar-refractivity contribution in [3.8, 4) is 5.82 Å². The number of pyridine rings is 1. The monoisotopic (exact) mass is 311 g/mol. The second kappa shape index (κ2) is 6.88. The Kier molecular flexibility index (Phi) is 4.86. The highest BCUT2D eigenvalue weighted by atomic mass is 15.2. The first-order valence-electron chi connectivity index (χ1n) is 8.91. The van der Waals surface area contributed by atoms with Crippen LogP contribution in [0.1, 0.15) is 56.1 Å². The Morgan fingerprint density at radius 2 is 1.83 bits per heavy atom. The minimum absolute atomic E-state index is 0.541. The van der Waals surface area contributed by atoms with Crippen molar-refractivity contribution in [1.29, 1.82) is 0 Å². The Morgan fingerprint density at radius 1 is 1.09 bits per heavy atom. The maximum absolute atomic E-state index is 4.77. The van der Waals surface area contributed by atoms with Gasteiger partial charge in [-0.3, -0.25) is 4.90 Å². The van der Waals surface area contributed by atoms with E-state index in [1.807, 2.05) is 0 Å². The molecule has 1 atom stereocenters. The van der Waals surface area contributed by atoms with Crippen molar-refractivity contribution >= 4 is 0 Å². The standard InChI is InChI=1S/C20H29N3/c1-15(2)14-22-12-6-5-7-19(22)18-10-11-20(21-13-18)23-16(3)8-9-17(23)4/h8-11,13,15,19H,5-7,12,14H2,1-4H3/t19-/m0/s1. The van der Waals surface area contributed by atoms with Crippen LogP contribution in [0, 0.1) is 19.8 Å². The molecule has 0 spiro atoms. The summed E-state index contributed by atoms with van der Waals surface area (Å²) < 4.78 is 2.22. The van der Waals surface area contributed by atoms with Gasteiger partial charge in [-0.25, -0.2) is 4.98 Å². The van der Waals surface area contributed by atoms with Gasteiger partial charge in [-0.1, -0.05) is 26.3 Å². The maximum atomic E-state index is 4.77. The van der Waals surface area contributed by atoms with E-state index >= 15 is 0 Å². The molecule has 0 unspecified atom stereocenters. The summed E-state index contributed by atoms with van der Waals surface area (Å²) in [4.78, 5) is 7.42. The van der Waals surface area contributed by atoms with Crippen LogP contribution in [0.3, 0.4) is 0 Å². The van der Waals surface area contributed by atoms with Crippen molar-refractivity contribution in [1.82, 2.24) is 14.5 Å². The number of piperidine rings is 1. The molecule has 3 nitrogen and oxygen atoms in total. The van der Waals surface area contributed by atoms with E-state index in [4.69, 9.17) is 4.98 Å². The molecule has 0 radical (unpaired) electrons. The van der Waals surface area contributed by atoms with Gasteiger partial charge in [0, 0.05) is 30.2 Å². The molecule has 2 aromatic rings. The fourth-order valence-corrected chi connectivity index (χ4v) is 3.81. The Labute approximate surface area is 140 Å². The number of aromatic nitrogens is 2. The predicted octanol–water partition coefficient (Wildman–Crippen LogP) is 4.67. The summed E-state index contributed by atoms with van der Waals surface area (Å²) in [6, 6.07) is 9.30. The lowest BCUT2D eigenvalue weighted by molar-refractivity contribution is 0.132. The van der Waals surface area contributed by atoms with E-state index in [2.05, 4.69) is 67.6 Å². The van der Waals surface area contributed by atoms with Crippen LogP contribution in [0.2, 0.25) is 0 Å². The summed E-state index contributed by atoms with van der Waals surface area (Å²) in [6.45, 7) is 11.3. The topological polar surface area (TPSA) is 21.1 Å². The molecular formula is C20H29N3. The molecule has 3 rings (SSSR count). The highest BCUT2D eigenvalue weighted by Crippen LogP contribution is 2.31. The fraction of sp³-hybridized carbons (Fsp3) is 0.550. The first kappa shape index (κ1) is 16.3. The number of likely N-dealkylation sites (tertiary alicyclic amines) is 1. The van der Waals surface area contributed by atoms with Gasteiger partial charge in [0.25, 0.3) is 0 Å². The Bertz CT molecular complexity index is 620. The highest BCUT2D eigenvalue weighted by molar-refractivity contribution is 5.33. The zero-order valence-electron chi connectivity index (χ0n) is 14.9. The van der Waals surface area contributed by atoms with Crippen molar-refractivity contribution in [2.24, 2.45) is 5.92 Å². The van der Waals surface area contributed by atoms with E-state index < -0.39 is 0 Å². The van der Waals surface area contributed by atoms with Gasteiger partial charge >= 0.3 is 0 Å². The normalized spacial score (nSPS) is 19.4. The number of hydrogen-bond acceptors (Lipinski definition) is 2. The summed E-state index contributed by atoms with van der Waals surface area (Å²) in [6.07, 6.45) is 6.01. The maximum Gasteiger partial charge on any atom is 0.136 e. The van der Waals surface area contributed by atoms with Crippen LogP contribution < -0.4 is 0 Å². The van der Waals surface area contributed by atoms with E-state index in [-0.39, 0.29) is 0 Å². The molecule has 0 N–H and O–H groups in total. The molecule has 0 aliphatic carbocycles. The highest BCUT2D eigenvalue weighted by Gasteiger charge is 2.24. The summed E-state index contributed by atoms with van der Waals surface area (Å²) in [5.74, 6) is 1.74. The first-order valence-corrected chi connectivity index (χ1v) is 8.91. The van der Waals surface area contributed by atoms with E-state index in [1.165, 1.54) is 49.3 Å². The van der Waals surface area contributed by atoms with Crippen molar-refractivity contribution < 1.29 is 0 Å². The van der Waals surface area contributed by atoms with Crippen molar-refractivity contribution in [3.05, 3.63) is 47.4 Å². The van der Waals surface area contributed by atoms with Crippen LogP contribution in [0.15, 0.2) is 30.5 Å². The Morgan fingerprint density at radius 3 is 2.43 bits per heavy atom. The first-order chi connectivity index (χ1) is 11.1. The summed E-state index contributed by atoms with van der Waals surface area (Å²) in [7, 11) is 0. The average molecular weight is 311 g/mol. The third-order valence-electron chi connectivity index (χ3n) is 4.87. The van der Waals surface area contributed by atoms with Crippen LogP contribution in [0.25, 0.3) is 5.82 Å². The lowest BCUT2D eigenvalue weighted by Crippen LogP contribution is -2.36. The molecule has 0 aromatic carbocycles. The predicted molar refractivity (Wildman–Crippen MR) is 96.0 cm³/mol. The molecule has 3 heteroatoms. The van der Waals surface area contributed by atoms with Crippen molar-refractivity contribution in [2.45, 2.75) is 53.0 Å². The Balaban J connectivity index is 1.83. The zero-order chi connectivity index (χ0) is 16.4. The lowest BCUT2D eigenvalue weighted by Gasteiger charge is -2.37. The third-order valence-corrected chi connectivity index (χ3v) is 4.87. The SMILES string of the molecule is Cc1ccc(C)n1-c1ccc([C@@H]2CCCCN2CC(C)C)cn1.